The number of hydrogen-bond donors (Lipinski definition) is 2. The number of methoxy groups -OCH3 is 1. The van der Waals surface area contributed by atoms with Gasteiger partial charge in [-0.15, -0.1) is 0 Å². The molecule has 0 unspecified atom stereocenters. The van der Waals surface area contributed by atoms with E-state index < -0.39 is 5.91 Å². The molecule has 0 aliphatic carbocycles. The Morgan fingerprint density at radius 1 is 0.864 bits per heavy atom. The molecule has 5 heteroatoms. The SMILES string of the molecule is COC(=O)c1ccc(C)cc1.Cc1ccc(C(=O)NO)cc1. The van der Waals surface area contributed by atoms with E-state index in [1.807, 2.05) is 38.1 Å². The van der Waals surface area contributed by atoms with Gasteiger partial charge in [-0.2, -0.15) is 0 Å². The van der Waals surface area contributed by atoms with Crippen LogP contribution in [0, 0.1) is 13.8 Å². The number of carbonyl (C=O) groups is 2. The van der Waals surface area contributed by atoms with Gasteiger partial charge in [0.25, 0.3) is 5.91 Å². The number of benzene rings is 2. The Morgan fingerprint density at radius 2 is 1.27 bits per heavy atom. The second kappa shape index (κ2) is 8.59. The van der Waals surface area contributed by atoms with Gasteiger partial charge in [0.1, 0.15) is 0 Å². The summed E-state index contributed by atoms with van der Waals surface area (Å²) in [4.78, 5) is 21.7. The van der Waals surface area contributed by atoms with Crippen molar-refractivity contribution in [3.8, 4) is 0 Å². The first-order chi connectivity index (χ1) is 10.5. The van der Waals surface area contributed by atoms with Crippen molar-refractivity contribution in [1.29, 1.82) is 0 Å². The minimum atomic E-state index is -0.481. The third kappa shape index (κ3) is 5.38. The highest BCUT2D eigenvalue weighted by Crippen LogP contribution is 2.03. The van der Waals surface area contributed by atoms with Gasteiger partial charge in [-0.25, -0.2) is 10.3 Å². The van der Waals surface area contributed by atoms with Crippen LogP contribution in [0.3, 0.4) is 0 Å². The quantitative estimate of drug-likeness (QED) is 0.508. The van der Waals surface area contributed by atoms with Crippen LogP contribution in [0.5, 0.6) is 0 Å². The lowest BCUT2D eigenvalue weighted by Crippen LogP contribution is -2.18. The van der Waals surface area contributed by atoms with E-state index >= 15 is 0 Å². The average molecular weight is 301 g/mol. The van der Waals surface area contributed by atoms with Crippen LogP contribution in [0.2, 0.25) is 0 Å². The van der Waals surface area contributed by atoms with Gasteiger partial charge in [0.2, 0.25) is 0 Å². The monoisotopic (exact) mass is 301 g/mol. The predicted molar refractivity (Wildman–Crippen MR) is 83.0 cm³/mol. The molecule has 0 fully saturated rings. The van der Waals surface area contributed by atoms with Gasteiger partial charge in [0.05, 0.1) is 12.7 Å². The van der Waals surface area contributed by atoms with Crippen LogP contribution in [0.4, 0.5) is 0 Å². The van der Waals surface area contributed by atoms with Gasteiger partial charge in [-0.05, 0) is 38.1 Å². The van der Waals surface area contributed by atoms with Gasteiger partial charge in [-0.3, -0.25) is 10.0 Å². The van der Waals surface area contributed by atoms with Crippen LogP contribution >= 0.6 is 0 Å². The Morgan fingerprint density at radius 3 is 1.64 bits per heavy atom. The lowest BCUT2D eigenvalue weighted by Gasteiger charge is -1.97. The molecule has 22 heavy (non-hydrogen) atoms. The zero-order valence-corrected chi connectivity index (χ0v) is 12.8. The van der Waals surface area contributed by atoms with E-state index in [1.165, 1.54) is 7.11 Å². The smallest absolute Gasteiger partial charge is 0.337 e. The fraction of sp³-hybridized carbons (Fsp3) is 0.176. The number of nitrogens with one attached hydrogen (secondary N) is 1. The molecule has 0 saturated carbocycles. The maximum Gasteiger partial charge on any atom is 0.337 e. The number of hydroxylamine groups is 1. The molecule has 1 amide bonds. The van der Waals surface area contributed by atoms with E-state index in [0.29, 0.717) is 11.1 Å². The van der Waals surface area contributed by atoms with Gasteiger partial charge in [0, 0.05) is 5.56 Å². The van der Waals surface area contributed by atoms with Gasteiger partial charge < -0.3 is 4.74 Å². The molecule has 5 nitrogen and oxygen atoms in total. The molecule has 116 valence electrons. The van der Waals surface area contributed by atoms with Crippen molar-refractivity contribution >= 4 is 11.9 Å². The van der Waals surface area contributed by atoms with E-state index in [1.54, 1.807) is 29.7 Å². The summed E-state index contributed by atoms with van der Waals surface area (Å²) >= 11 is 0. The summed E-state index contributed by atoms with van der Waals surface area (Å²) in [7, 11) is 1.38. The fourth-order valence-corrected chi connectivity index (χ4v) is 1.58. The number of amides is 1. The predicted octanol–water partition coefficient (Wildman–Crippen LogP) is 2.90. The summed E-state index contributed by atoms with van der Waals surface area (Å²) in [6.45, 7) is 3.90. The lowest BCUT2D eigenvalue weighted by atomic mass is 10.1. The van der Waals surface area contributed by atoms with Crippen molar-refractivity contribution in [2.45, 2.75) is 13.8 Å². The number of carbonyl (C=O) groups excluding carboxylic acids is 2. The number of esters is 1. The molecule has 2 rings (SSSR count). The van der Waals surface area contributed by atoms with Crippen LogP contribution in [0.1, 0.15) is 31.8 Å². The number of rotatable bonds is 2. The largest absolute Gasteiger partial charge is 0.465 e. The van der Waals surface area contributed by atoms with E-state index in [-0.39, 0.29) is 5.97 Å². The van der Waals surface area contributed by atoms with Crippen molar-refractivity contribution in [3.63, 3.8) is 0 Å². The third-order valence-corrected chi connectivity index (χ3v) is 2.89. The molecule has 2 N–H and O–H groups in total. The lowest BCUT2D eigenvalue weighted by molar-refractivity contribution is 0.0600. The number of aryl methyl sites for hydroxylation is 2. The average Bonchev–Trinajstić information content (AvgIpc) is 2.55. The standard InChI is InChI=1S/C9H10O2.C8H9NO2/c1-7-3-5-8(6-4-7)9(10)11-2;1-6-2-4-7(5-3-6)8(10)9-11/h3-6H,1-2H3;2-5,11H,1H3,(H,9,10). The van der Waals surface area contributed by atoms with Crippen LogP contribution in [0.25, 0.3) is 0 Å². The van der Waals surface area contributed by atoms with Crippen LogP contribution in [0.15, 0.2) is 48.5 Å². The summed E-state index contributed by atoms with van der Waals surface area (Å²) in [5.41, 5.74) is 4.83. The fourth-order valence-electron chi connectivity index (χ4n) is 1.58. The van der Waals surface area contributed by atoms with Gasteiger partial charge in [0.15, 0.2) is 0 Å². The maximum absolute atomic E-state index is 10.9. The highest BCUT2D eigenvalue weighted by molar-refractivity contribution is 5.93. The molecule has 0 heterocycles. The summed E-state index contributed by atoms with van der Waals surface area (Å²) < 4.78 is 4.54. The zero-order valence-electron chi connectivity index (χ0n) is 12.8. The maximum atomic E-state index is 10.9. The first-order valence-electron chi connectivity index (χ1n) is 6.64. The van der Waals surface area contributed by atoms with Crippen molar-refractivity contribution < 1.29 is 19.5 Å². The first kappa shape index (κ1) is 17.4. The molecule has 0 spiro atoms. The summed E-state index contributed by atoms with van der Waals surface area (Å²) in [5, 5.41) is 8.26. The molecule has 2 aromatic carbocycles. The van der Waals surface area contributed by atoms with Crippen molar-refractivity contribution in [3.05, 3.63) is 70.8 Å². The van der Waals surface area contributed by atoms with E-state index in [9.17, 15) is 9.59 Å². The molecule has 0 bridgehead atoms. The number of ether oxygens (including phenoxy) is 1. The Labute approximate surface area is 129 Å². The molecule has 0 radical (unpaired) electrons. The molecule has 0 aliphatic rings. The van der Waals surface area contributed by atoms with Gasteiger partial charge >= 0.3 is 5.97 Å². The summed E-state index contributed by atoms with van der Waals surface area (Å²) in [6, 6.07) is 14.2. The second-order valence-corrected chi connectivity index (χ2v) is 4.66. The Kier molecular flexibility index (Phi) is 6.79. The highest BCUT2D eigenvalue weighted by Gasteiger charge is 2.02. The summed E-state index contributed by atoms with van der Waals surface area (Å²) in [5.74, 6) is -0.769. The molecular weight excluding hydrogens is 282 g/mol. The zero-order chi connectivity index (χ0) is 16.5. The van der Waals surface area contributed by atoms with E-state index in [0.717, 1.165) is 11.1 Å². The highest BCUT2D eigenvalue weighted by atomic mass is 16.5. The van der Waals surface area contributed by atoms with Crippen molar-refractivity contribution in [2.24, 2.45) is 0 Å². The van der Waals surface area contributed by atoms with Crippen molar-refractivity contribution in [2.75, 3.05) is 7.11 Å². The first-order valence-corrected chi connectivity index (χ1v) is 6.64. The number of hydrogen-bond acceptors (Lipinski definition) is 4. The third-order valence-electron chi connectivity index (χ3n) is 2.89. The Balaban J connectivity index is 0.000000220. The van der Waals surface area contributed by atoms with Crippen LogP contribution in [-0.4, -0.2) is 24.2 Å². The Hall–Kier alpha value is -2.66. The minimum absolute atomic E-state index is 0.287. The van der Waals surface area contributed by atoms with E-state index in [2.05, 4.69) is 4.74 Å². The molecule has 0 atom stereocenters. The Bertz CT molecular complexity index is 561. The molecule has 2 aromatic rings. The van der Waals surface area contributed by atoms with Crippen molar-refractivity contribution in [1.82, 2.24) is 5.48 Å². The van der Waals surface area contributed by atoms with Gasteiger partial charge in [-0.1, -0.05) is 35.4 Å². The normalized spacial score (nSPS) is 9.27. The minimum Gasteiger partial charge on any atom is -0.465 e. The molecule has 0 saturated heterocycles. The molecular formula is C17H19NO4. The topological polar surface area (TPSA) is 75.6 Å². The second-order valence-electron chi connectivity index (χ2n) is 4.66. The molecule has 0 aromatic heterocycles. The van der Waals surface area contributed by atoms with E-state index in [4.69, 9.17) is 5.21 Å². The van der Waals surface area contributed by atoms with Crippen LogP contribution < -0.4 is 5.48 Å². The molecule has 0 aliphatic heterocycles. The van der Waals surface area contributed by atoms with Crippen LogP contribution in [-0.2, 0) is 4.74 Å². The summed E-state index contributed by atoms with van der Waals surface area (Å²) in [6.07, 6.45) is 0.